The smallest absolute Gasteiger partial charge is 0.307 e. The van der Waals surface area contributed by atoms with E-state index in [0.29, 0.717) is 5.92 Å². The molecule has 0 saturated heterocycles. The van der Waals surface area contributed by atoms with Crippen molar-refractivity contribution < 1.29 is 9.90 Å². The SMILES string of the molecule is O=C(O)[C@@H]1[C@H](c2ccccc2)[C@@H]2CCCCC2=C2CCCC[C@@H]21. The van der Waals surface area contributed by atoms with Gasteiger partial charge in [-0.1, -0.05) is 54.3 Å². The Morgan fingerprint density at radius 3 is 2.13 bits per heavy atom. The fraction of sp³-hybridized carbons (Fsp3) is 0.571. The maximum absolute atomic E-state index is 12.2. The quantitative estimate of drug-likeness (QED) is 0.766. The Balaban J connectivity index is 1.85. The van der Waals surface area contributed by atoms with Gasteiger partial charge in [0.25, 0.3) is 0 Å². The number of carboxylic acids is 1. The van der Waals surface area contributed by atoms with E-state index in [-0.39, 0.29) is 17.8 Å². The molecule has 2 nitrogen and oxygen atoms in total. The number of allylic oxidation sites excluding steroid dienone is 2. The lowest BCUT2D eigenvalue weighted by Crippen LogP contribution is -2.42. The molecule has 2 saturated carbocycles. The first-order valence-corrected chi connectivity index (χ1v) is 9.27. The van der Waals surface area contributed by atoms with Crippen molar-refractivity contribution in [2.75, 3.05) is 0 Å². The number of fused-ring (bicyclic) bond motifs is 2. The van der Waals surface area contributed by atoms with E-state index in [0.717, 1.165) is 12.8 Å². The third-order valence-corrected chi connectivity index (χ3v) is 6.45. The van der Waals surface area contributed by atoms with Crippen LogP contribution in [-0.4, -0.2) is 11.1 Å². The van der Waals surface area contributed by atoms with Gasteiger partial charge in [-0.05, 0) is 55.9 Å². The molecule has 0 heterocycles. The number of aliphatic carboxylic acids is 1. The van der Waals surface area contributed by atoms with Gasteiger partial charge in [0.15, 0.2) is 0 Å². The van der Waals surface area contributed by atoms with Crippen LogP contribution in [0.5, 0.6) is 0 Å². The van der Waals surface area contributed by atoms with E-state index in [1.807, 2.05) is 6.07 Å². The van der Waals surface area contributed by atoms with Crippen molar-refractivity contribution in [3.8, 4) is 0 Å². The second-order valence-electron chi connectivity index (χ2n) is 7.56. The third-order valence-electron chi connectivity index (χ3n) is 6.45. The molecule has 1 aromatic rings. The topological polar surface area (TPSA) is 37.3 Å². The van der Waals surface area contributed by atoms with Gasteiger partial charge in [-0.25, -0.2) is 0 Å². The standard InChI is InChI=1S/C21H26O2/c22-21(23)20-18-13-7-5-11-16(18)15-10-4-6-12-17(15)19(20)14-8-2-1-3-9-14/h1-3,8-9,17-20H,4-7,10-13H2,(H,22,23)/t17-,18+,19-,20+/m1/s1. The van der Waals surface area contributed by atoms with Gasteiger partial charge < -0.3 is 5.11 Å². The lowest BCUT2D eigenvalue weighted by Gasteiger charge is -2.48. The number of rotatable bonds is 2. The summed E-state index contributed by atoms with van der Waals surface area (Å²) in [6.07, 6.45) is 9.61. The third kappa shape index (κ3) is 2.52. The van der Waals surface area contributed by atoms with E-state index in [2.05, 4.69) is 24.3 Å². The minimum Gasteiger partial charge on any atom is -0.481 e. The molecule has 2 heteroatoms. The van der Waals surface area contributed by atoms with E-state index in [1.54, 1.807) is 11.1 Å². The zero-order valence-corrected chi connectivity index (χ0v) is 13.7. The van der Waals surface area contributed by atoms with Crippen molar-refractivity contribution in [2.24, 2.45) is 17.8 Å². The van der Waals surface area contributed by atoms with E-state index in [9.17, 15) is 9.90 Å². The van der Waals surface area contributed by atoms with Gasteiger partial charge in [0, 0.05) is 5.92 Å². The molecule has 0 spiro atoms. The van der Waals surface area contributed by atoms with Crippen LogP contribution in [0.25, 0.3) is 0 Å². The summed E-state index contributed by atoms with van der Waals surface area (Å²) in [4.78, 5) is 12.2. The Morgan fingerprint density at radius 1 is 0.870 bits per heavy atom. The van der Waals surface area contributed by atoms with Crippen molar-refractivity contribution in [1.82, 2.24) is 0 Å². The Kier molecular flexibility index (Phi) is 4.00. The molecular formula is C21H26O2. The van der Waals surface area contributed by atoms with Crippen molar-refractivity contribution in [2.45, 2.75) is 57.3 Å². The van der Waals surface area contributed by atoms with E-state index in [4.69, 9.17) is 0 Å². The second-order valence-corrected chi connectivity index (χ2v) is 7.56. The highest BCUT2D eigenvalue weighted by molar-refractivity contribution is 5.73. The maximum Gasteiger partial charge on any atom is 0.307 e. The molecular weight excluding hydrogens is 284 g/mol. The molecule has 2 fully saturated rings. The predicted octanol–water partition coefficient (Wildman–Crippen LogP) is 5.16. The van der Waals surface area contributed by atoms with Crippen LogP contribution >= 0.6 is 0 Å². The second kappa shape index (κ2) is 6.14. The Labute approximate surface area is 138 Å². The number of carbonyl (C=O) groups is 1. The van der Waals surface area contributed by atoms with Crippen molar-refractivity contribution in [3.05, 3.63) is 47.0 Å². The highest BCUT2D eigenvalue weighted by Gasteiger charge is 2.48. The van der Waals surface area contributed by atoms with Crippen LogP contribution in [0, 0.1) is 17.8 Å². The number of hydrogen-bond acceptors (Lipinski definition) is 1. The first-order chi connectivity index (χ1) is 11.3. The van der Waals surface area contributed by atoms with Crippen LogP contribution in [-0.2, 0) is 4.79 Å². The Bertz CT molecular complexity index is 616. The Morgan fingerprint density at radius 2 is 1.48 bits per heavy atom. The zero-order chi connectivity index (χ0) is 15.8. The molecule has 3 aliphatic rings. The van der Waals surface area contributed by atoms with E-state index < -0.39 is 5.97 Å². The number of carboxylic acid groups (broad SMARTS) is 1. The first-order valence-electron chi connectivity index (χ1n) is 9.27. The minimum atomic E-state index is -0.576. The van der Waals surface area contributed by atoms with Gasteiger partial charge in [0.1, 0.15) is 0 Å². The van der Waals surface area contributed by atoms with Crippen molar-refractivity contribution >= 4 is 5.97 Å². The molecule has 4 atom stereocenters. The predicted molar refractivity (Wildman–Crippen MR) is 91.3 cm³/mol. The van der Waals surface area contributed by atoms with Gasteiger partial charge in [-0.3, -0.25) is 4.79 Å². The van der Waals surface area contributed by atoms with Crippen LogP contribution in [0.1, 0.15) is 62.8 Å². The van der Waals surface area contributed by atoms with E-state index in [1.165, 1.54) is 44.1 Å². The lowest BCUT2D eigenvalue weighted by molar-refractivity contribution is -0.145. The van der Waals surface area contributed by atoms with Gasteiger partial charge in [-0.15, -0.1) is 0 Å². The summed E-state index contributed by atoms with van der Waals surface area (Å²) in [6.45, 7) is 0. The summed E-state index contributed by atoms with van der Waals surface area (Å²) in [7, 11) is 0. The van der Waals surface area contributed by atoms with Gasteiger partial charge in [-0.2, -0.15) is 0 Å². The summed E-state index contributed by atoms with van der Waals surface area (Å²) < 4.78 is 0. The lowest BCUT2D eigenvalue weighted by atomic mass is 9.56. The van der Waals surface area contributed by atoms with Crippen molar-refractivity contribution in [1.29, 1.82) is 0 Å². The average Bonchev–Trinajstić information content (AvgIpc) is 2.61. The van der Waals surface area contributed by atoms with Gasteiger partial charge in [0.2, 0.25) is 0 Å². The summed E-state index contributed by atoms with van der Waals surface area (Å²) >= 11 is 0. The molecule has 0 aliphatic heterocycles. The number of benzene rings is 1. The molecule has 122 valence electrons. The summed E-state index contributed by atoms with van der Waals surface area (Å²) in [5.41, 5.74) is 4.46. The molecule has 1 N–H and O–H groups in total. The van der Waals surface area contributed by atoms with Gasteiger partial charge >= 0.3 is 5.97 Å². The fourth-order valence-corrected chi connectivity index (χ4v) is 5.61. The molecule has 4 rings (SSSR count). The molecule has 0 amide bonds. The summed E-state index contributed by atoms with van der Waals surface area (Å²) in [5.74, 6) is 0.135. The largest absolute Gasteiger partial charge is 0.481 e. The molecule has 23 heavy (non-hydrogen) atoms. The average molecular weight is 310 g/mol. The molecule has 0 aromatic heterocycles. The molecule has 3 aliphatic carbocycles. The van der Waals surface area contributed by atoms with Crippen molar-refractivity contribution in [3.63, 3.8) is 0 Å². The van der Waals surface area contributed by atoms with Crippen LogP contribution in [0.4, 0.5) is 0 Å². The monoisotopic (exact) mass is 310 g/mol. The zero-order valence-electron chi connectivity index (χ0n) is 13.7. The highest BCUT2D eigenvalue weighted by Crippen LogP contribution is 2.56. The molecule has 0 unspecified atom stereocenters. The van der Waals surface area contributed by atoms with E-state index >= 15 is 0 Å². The maximum atomic E-state index is 12.2. The minimum absolute atomic E-state index is 0.177. The summed E-state index contributed by atoms with van der Waals surface area (Å²) in [6, 6.07) is 10.5. The highest BCUT2D eigenvalue weighted by atomic mass is 16.4. The first kappa shape index (κ1) is 15.0. The number of hydrogen-bond donors (Lipinski definition) is 1. The normalized spacial score (nSPS) is 33.7. The molecule has 0 radical (unpaired) electrons. The van der Waals surface area contributed by atoms with Crippen LogP contribution in [0.2, 0.25) is 0 Å². The van der Waals surface area contributed by atoms with Crippen LogP contribution < -0.4 is 0 Å². The van der Waals surface area contributed by atoms with Crippen LogP contribution in [0.3, 0.4) is 0 Å². The Hall–Kier alpha value is -1.57. The van der Waals surface area contributed by atoms with Crippen LogP contribution in [0.15, 0.2) is 41.5 Å². The van der Waals surface area contributed by atoms with Gasteiger partial charge in [0.05, 0.1) is 5.92 Å². The molecule has 0 bridgehead atoms. The summed E-state index contributed by atoms with van der Waals surface area (Å²) in [5, 5.41) is 10.1. The fourth-order valence-electron chi connectivity index (χ4n) is 5.61. The molecule has 1 aromatic carbocycles.